The summed E-state index contributed by atoms with van der Waals surface area (Å²) in [6.07, 6.45) is 3.99. The smallest absolute Gasteiger partial charge is 0.315 e. The average molecular weight is 332 g/mol. The number of amides is 2. The molecule has 0 saturated heterocycles. The highest BCUT2D eigenvalue weighted by molar-refractivity contribution is 7.91. The molecule has 0 aromatic heterocycles. The first kappa shape index (κ1) is 13.8. The van der Waals surface area contributed by atoms with Crippen molar-refractivity contribution in [3.63, 3.8) is 0 Å². The summed E-state index contributed by atoms with van der Waals surface area (Å²) in [5, 5.41) is 5.97. The standard InChI is InChI=1S/C17H20N2O3S/c20-17(19-16-14-9-5-6-10(7-9)15(14)16)18-12-8-23(21,22)13-4-2-1-3-11(12)13/h1-4,9-10,12,14-16H,5-8H2,(H2,18,19,20)/t9-,10-,12-,14-,15+,16?/m0/s1. The summed E-state index contributed by atoms with van der Waals surface area (Å²) in [5.41, 5.74) is 0.707. The summed E-state index contributed by atoms with van der Waals surface area (Å²) in [5.74, 6) is 2.94. The fourth-order valence-electron chi connectivity index (χ4n) is 5.44. The van der Waals surface area contributed by atoms with Crippen molar-refractivity contribution in [3.8, 4) is 0 Å². The van der Waals surface area contributed by atoms with Crippen LogP contribution in [0, 0.1) is 23.7 Å². The minimum atomic E-state index is -3.28. The fourth-order valence-corrected chi connectivity index (χ4v) is 7.18. The van der Waals surface area contributed by atoms with Crippen molar-refractivity contribution in [2.24, 2.45) is 23.7 Å². The molecule has 5 nitrogen and oxygen atoms in total. The number of hydrogen-bond donors (Lipinski definition) is 2. The Kier molecular flexibility index (Phi) is 2.71. The van der Waals surface area contributed by atoms with Gasteiger partial charge >= 0.3 is 6.03 Å². The van der Waals surface area contributed by atoms with E-state index in [2.05, 4.69) is 10.6 Å². The zero-order valence-electron chi connectivity index (χ0n) is 12.7. The number of carbonyl (C=O) groups excluding carboxylic acids is 1. The Balaban J connectivity index is 1.28. The van der Waals surface area contributed by atoms with Gasteiger partial charge in [0.25, 0.3) is 0 Å². The van der Waals surface area contributed by atoms with Crippen LogP contribution < -0.4 is 10.6 Å². The van der Waals surface area contributed by atoms with Crippen LogP contribution in [0.1, 0.15) is 30.9 Å². The monoisotopic (exact) mass is 332 g/mol. The molecular formula is C17H20N2O3S. The molecule has 6 atom stereocenters. The van der Waals surface area contributed by atoms with Crippen LogP contribution >= 0.6 is 0 Å². The topological polar surface area (TPSA) is 75.3 Å². The maximum atomic E-state index is 12.3. The Morgan fingerprint density at radius 2 is 1.74 bits per heavy atom. The molecule has 4 aliphatic rings. The van der Waals surface area contributed by atoms with Crippen LogP contribution in [0.4, 0.5) is 4.79 Å². The lowest BCUT2D eigenvalue weighted by atomic mass is 10.0. The summed E-state index contributed by atoms with van der Waals surface area (Å²) < 4.78 is 24.3. The molecule has 2 amide bonds. The summed E-state index contributed by atoms with van der Waals surface area (Å²) >= 11 is 0. The van der Waals surface area contributed by atoms with Crippen molar-refractivity contribution in [2.75, 3.05) is 5.75 Å². The Bertz CT molecular complexity index is 775. The van der Waals surface area contributed by atoms with E-state index in [1.165, 1.54) is 19.3 Å². The lowest BCUT2D eigenvalue weighted by Gasteiger charge is -2.15. The van der Waals surface area contributed by atoms with Gasteiger partial charge in [0.05, 0.1) is 16.7 Å². The van der Waals surface area contributed by atoms with Gasteiger partial charge in [-0.05, 0) is 54.6 Å². The summed E-state index contributed by atoms with van der Waals surface area (Å²) in [7, 11) is -3.28. The Morgan fingerprint density at radius 1 is 1.04 bits per heavy atom. The fraction of sp³-hybridized carbons (Fsp3) is 0.588. The molecular weight excluding hydrogens is 312 g/mol. The minimum absolute atomic E-state index is 0.0391. The predicted molar refractivity (Wildman–Crippen MR) is 84.5 cm³/mol. The minimum Gasteiger partial charge on any atom is -0.335 e. The third-order valence-corrected chi connectivity index (χ3v) is 8.17. The van der Waals surface area contributed by atoms with Crippen LogP contribution in [-0.4, -0.2) is 26.2 Å². The highest BCUT2D eigenvalue weighted by atomic mass is 32.2. The molecule has 2 bridgehead atoms. The van der Waals surface area contributed by atoms with Crippen LogP contribution in [0.2, 0.25) is 0 Å². The SMILES string of the molecule is O=C(NC1[C@@H]2[C@H]3CC[C@@H](C3)[C@H]12)N[C@H]1CS(=O)(=O)c2ccccc21. The average Bonchev–Trinajstić information content (AvgIpc) is 2.85. The summed E-state index contributed by atoms with van der Waals surface area (Å²) in [6.45, 7) is 0. The van der Waals surface area contributed by atoms with Gasteiger partial charge in [-0.3, -0.25) is 0 Å². The van der Waals surface area contributed by atoms with Crippen molar-refractivity contribution in [3.05, 3.63) is 29.8 Å². The van der Waals surface area contributed by atoms with E-state index in [0.29, 0.717) is 28.3 Å². The Labute approximate surface area is 135 Å². The normalized spacial score (nSPS) is 41.2. The molecule has 2 N–H and O–H groups in total. The van der Waals surface area contributed by atoms with Gasteiger partial charge in [-0.25, -0.2) is 13.2 Å². The van der Waals surface area contributed by atoms with Crippen molar-refractivity contribution in [1.29, 1.82) is 0 Å². The second-order valence-corrected chi connectivity index (χ2v) is 9.51. The molecule has 6 heteroatoms. The maximum absolute atomic E-state index is 12.3. The molecule has 3 fully saturated rings. The third kappa shape index (κ3) is 1.97. The highest BCUT2D eigenvalue weighted by Gasteiger charge is 2.65. The Morgan fingerprint density at radius 3 is 2.48 bits per heavy atom. The molecule has 0 radical (unpaired) electrons. The van der Waals surface area contributed by atoms with Crippen LogP contribution in [0.5, 0.6) is 0 Å². The van der Waals surface area contributed by atoms with Crippen LogP contribution in [0.15, 0.2) is 29.2 Å². The van der Waals surface area contributed by atoms with Gasteiger partial charge in [0.15, 0.2) is 9.84 Å². The van der Waals surface area contributed by atoms with E-state index in [4.69, 9.17) is 0 Å². The number of urea groups is 1. The summed E-state index contributed by atoms with van der Waals surface area (Å²) in [6, 6.07) is 6.60. The molecule has 0 spiro atoms. The third-order valence-electron chi connectivity index (χ3n) is 6.35. The zero-order chi connectivity index (χ0) is 15.8. The molecule has 1 heterocycles. The van der Waals surface area contributed by atoms with E-state index in [0.717, 1.165) is 11.8 Å². The predicted octanol–water partition coefficient (Wildman–Crippen LogP) is 1.86. The highest BCUT2D eigenvalue weighted by Crippen LogP contribution is 2.65. The molecule has 122 valence electrons. The molecule has 23 heavy (non-hydrogen) atoms. The number of benzene rings is 1. The van der Waals surface area contributed by atoms with Gasteiger partial charge in [0.1, 0.15) is 0 Å². The number of sulfone groups is 1. The molecule has 1 aliphatic heterocycles. The van der Waals surface area contributed by atoms with E-state index in [1.54, 1.807) is 18.2 Å². The van der Waals surface area contributed by atoms with Crippen LogP contribution in [0.25, 0.3) is 0 Å². The van der Waals surface area contributed by atoms with Crippen molar-refractivity contribution < 1.29 is 13.2 Å². The number of rotatable bonds is 2. The quantitative estimate of drug-likeness (QED) is 0.868. The van der Waals surface area contributed by atoms with E-state index in [1.807, 2.05) is 6.07 Å². The van der Waals surface area contributed by atoms with Gasteiger partial charge in [-0.2, -0.15) is 0 Å². The Hall–Kier alpha value is -1.56. The van der Waals surface area contributed by atoms with E-state index in [9.17, 15) is 13.2 Å². The molecule has 1 unspecified atom stereocenters. The van der Waals surface area contributed by atoms with Crippen molar-refractivity contribution in [2.45, 2.75) is 36.2 Å². The summed E-state index contributed by atoms with van der Waals surface area (Å²) in [4.78, 5) is 12.7. The zero-order valence-corrected chi connectivity index (χ0v) is 13.6. The second-order valence-electron chi connectivity index (χ2n) is 7.50. The van der Waals surface area contributed by atoms with Crippen molar-refractivity contribution >= 4 is 15.9 Å². The molecule has 1 aromatic rings. The van der Waals surface area contributed by atoms with Gasteiger partial charge in [-0.1, -0.05) is 18.2 Å². The first-order chi connectivity index (χ1) is 11.0. The van der Waals surface area contributed by atoms with E-state index < -0.39 is 15.9 Å². The van der Waals surface area contributed by atoms with E-state index >= 15 is 0 Å². The maximum Gasteiger partial charge on any atom is 0.315 e. The van der Waals surface area contributed by atoms with Crippen LogP contribution in [-0.2, 0) is 9.84 Å². The van der Waals surface area contributed by atoms with Gasteiger partial charge in [0.2, 0.25) is 0 Å². The number of hydrogen-bond acceptors (Lipinski definition) is 3. The van der Waals surface area contributed by atoms with Gasteiger partial charge in [-0.15, -0.1) is 0 Å². The lowest BCUT2D eigenvalue weighted by molar-refractivity contribution is 0.235. The first-order valence-electron chi connectivity index (χ1n) is 8.43. The molecule has 1 aromatic carbocycles. The number of nitrogens with one attached hydrogen (secondary N) is 2. The number of fused-ring (bicyclic) bond motifs is 6. The molecule has 5 rings (SSSR count). The first-order valence-corrected chi connectivity index (χ1v) is 10.1. The lowest BCUT2D eigenvalue weighted by Crippen LogP contribution is -2.41. The largest absolute Gasteiger partial charge is 0.335 e. The second kappa shape index (κ2) is 4.50. The molecule has 3 aliphatic carbocycles. The van der Waals surface area contributed by atoms with Crippen LogP contribution in [0.3, 0.4) is 0 Å². The van der Waals surface area contributed by atoms with Gasteiger partial charge in [0, 0.05) is 6.04 Å². The molecule has 3 saturated carbocycles. The van der Waals surface area contributed by atoms with Gasteiger partial charge < -0.3 is 10.6 Å². The van der Waals surface area contributed by atoms with E-state index in [-0.39, 0.29) is 11.8 Å². The van der Waals surface area contributed by atoms with Crippen molar-refractivity contribution in [1.82, 2.24) is 10.6 Å². The number of carbonyl (C=O) groups is 1.